The molecule has 0 unspecified atom stereocenters. The van der Waals surface area contributed by atoms with E-state index >= 15 is 0 Å². The Kier molecular flexibility index (Phi) is 8.09. The SMILES string of the molecule is [Ir].[c-]1ccc2c(c1-c1ccccn1)[Se]c1ccccc1[Se]2.[c-]1ccc2c(oc3ccccc32)c1-c1ccccn1. The van der Waals surface area contributed by atoms with E-state index in [2.05, 4.69) is 70.6 Å². The maximum Gasteiger partial charge on any atom is 0.120 e. The molecule has 0 spiro atoms. The first-order valence-corrected chi connectivity index (χ1v) is 15.9. The summed E-state index contributed by atoms with van der Waals surface area (Å²) >= 11 is 0.765. The number of fused-ring (bicyclic) bond motifs is 5. The van der Waals surface area contributed by atoms with Gasteiger partial charge in [-0.2, -0.15) is 0 Å². The zero-order chi connectivity index (χ0) is 26.0. The first-order chi connectivity index (χ1) is 19.3. The standard InChI is InChI=1S/C17H10NO.C17H10NSe2.Ir/c1-2-10-16-12(6-1)13-7-5-8-14(17(13)19-16)15-9-3-4-11-18-15;1-2-9-15-14(8-1)19-16-10-5-6-12(17(16)20-15)13-7-3-4-11-18-13;/h1-7,9-11H;1-5,7-11H;/q2*-1;. The summed E-state index contributed by atoms with van der Waals surface area (Å²) in [5.74, 6) is 0. The maximum atomic E-state index is 5.97. The Balaban J connectivity index is 0.000000141. The van der Waals surface area contributed by atoms with Crippen LogP contribution in [-0.2, 0) is 20.1 Å². The molecule has 0 saturated heterocycles. The fourth-order valence-electron chi connectivity index (χ4n) is 4.59. The van der Waals surface area contributed by atoms with Gasteiger partial charge >= 0.3 is 131 Å². The van der Waals surface area contributed by atoms with E-state index in [1.807, 2.05) is 66.9 Å². The molecule has 0 fully saturated rings. The Morgan fingerprint density at radius 2 is 1.18 bits per heavy atom. The van der Waals surface area contributed by atoms with Crippen LogP contribution in [-0.4, -0.2) is 39.9 Å². The molecule has 6 heteroatoms. The number of rotatable bonds is 2. The van der Waals surface area contributed by atoms with Crippen LogP contribution in [0.4, 0.5) is 0 Å². The van der Waals surface area contributed by atoms with E-state index in [-0.39, 0.29) is 20.1 Å². The van der Waals surface area contributed by atoms with E-state index in [1.54, 1.807) is 6.20 Å². The van der Waals surface area contributed by atoms with Gasteiger partial charge in [0.25, 0.3) is 0 Å². The zero-order valence-electron chi connectivity index (χ0n) is 21.0. The van der Waals surface area contributed by atoms with Gasteiger partial charge in [-0.3, -0.25) is 0 Å². The molecule has 4 heterocycles. The molecule has 7 aromatic rings. The minimum Gasteiger partial charge on any atom is -0.501 e. The number of pyridine rings is 2. The topological polar surface area (TPSA) is 38.9 Å². The van der Waals surface area contributed by atoms with Gasteiger partial charge in [-0.25, -0.2) is 0 Å². The number of nitrogens with zero attached hydrogens (tertiary/aromatic N) is 2. The molecular formula is C34H20IrN2OSe2-2. The van der Waals surface area contributed by atoms with E-state index in [0.717, 1.165) is 38.9 Å². The predicted molar refractivity (Wildman–Crippen MR) is 161 cm³/mol. The van der Waals surface area contributed by atoms with Crippen molar-refractivity contribution in [1.82, 2.24) is 9.97 Å². The van der Waals surface area contributed by atoms with Crippen molar-refractivity contribution in [1.29, 1.82) is 0 Å². The number of furan rings is 1. The van der Waals surface area contributed by atoms with Crippen molar-refractivity contribution in [3.63, 3.8) is 0 Å². The Labute approximate surface area is 258 Å². The van der Waals surface area contributed by atoms with Gasteiger partial charge in [-0.05, 0) is 17.8 Å². The van der Waals surface area contributed by atoms with E-state index < -0.39 is 0 Å². The van der Waals surface area contributed by atoms with E-state index in [4.69, 9.17) is 4.42 Å². The molecule has 0 N–H and O–H groups in total. The predicted octanol–water partition coefficient (Wildman–Crippen LogP) is 4.62. The largest absolute Gasteiger partial charge is 0.501 e. The molecular weight excluding hydrogens is 803 g/mol. The van der Waals surface area contributed by atoms with E-state index in [1.165, 1.54) is 23.4 Å². The van der Waals surface area contributed by atoms with Crippen molar-refractivity contribution in [2.45, 2.75) is 0 Å². The van der Waals surface area contributed by atoms with Gasteiger partial charge in [-0.15, -0.1) is 18.2 Å². The third-order valence-electron chi connectivity index (χ3n) is 6.38. The average molecular weight is 823 g/mol. The molecule has 195 valence electrons. The van der Waals surface area contributed by atoms with Crippen molar-refractivity contribution in [3.05, 3.63) is 134 Å². The molecule has 8 rings (SSSR count). The molecule has 1 radical (unpaired) electrons. The summed E-state index contributed by atoms with van der Waals surface area (Å²) in [6, 6.07) is 43.7. The van der Waals surface area contributed by atoms with Crippen LogP contribution in [0.5, 0.6) is 0 Å². The smallest absolute Gasteiger partial charge is 0.120 e. The summed E-state index contributed by atoms with van der Waals surface area (Å²) < 4.78 is 12.0. The van der Waals surface area contributed by atoms with Gasteiger partial charge in [-0.1, -0.05) is 41.3 Å². The van der Waals surface area contributed by atoms with Crippen molar-refractivity contribution in [3.8, 4) is 22.5 Å². The fourth-order valence-corrected chi connectivity index (χ4v) is 10.3. The molecule has 0 atom stereocenters. The minimum atomic E-state index is 0. The number of aromatic nitrogens is 2. The number of hydrogen-bond acceptors (Lipinski definition) is 3. The van der Waals surface area contributed by atoms with Crippen molar-refractivity contribution >= 4 is 69.7 Å². The average Bonchev–Trinajstić information content (AvgIpc) is 3.40. The maximum absolute atomic E-state index is 5.97. The Bertz CT molecular complexity index is 1920. The third kappa shape index (κ3) is 5.23. The van der Waals surface area contributed by atoms with E-state index in [0.29, 0.717) is 29.9 Å². The summed E-state index contributed by atoms with van der Waals surface area (Å²) in [5, 5.41) is 2.23. The van der Waals surface area contributed by atoms with Crippen LogP contribution in [0.2, 0.25) is 0 Å². The van der Waals surface area contributed by atoms with Crippen LogP contribution in [0.3, 0.4) is 0 Å². The summed E-state index contributed by atoms with van der Waals surface area (Å²) in [4.78, 5) is 8.88. The Hall–Kier alpha value is -3.33. The molecule has 0 amide bonds. The summed E-state index contributed by atoms with van der Waals surface area (Å²) in [6.45, 7) is 0. The zero-order valence-corrected chi connectivity index (χ0v) is 26.8. The van der Waals surface area contributed by atoms with Crippen LogP contribution < -0.4 is 17.8 Å². The Morgan fingerprint density at radius 3 is 1.93 bits per heavy atom. The van der Waals surface area contributed by atoms with Gasteiger partial charge in [0.2, 0.25) is 0 Å². The van der Waals surface area contributed by atoms with Gasteiger partial charge in [0.1, 0.15) is 5.58 Å². The second-order valence-electron chi connectivity index (χ2n) is 8.82. The molecule has 0 bridgehead atoms. The van der Waals surface area contributed by atoms with Gasteiger partial charge in [0.15, 0.2) is 0 Å². The van der Waals surface area contributed by atoms with Gasteiger partial charge < -0.3 is 9.40 Å². The second-order valence-corrected chi connectivity index (χ2v) is 13.3. The molecule has 0 saturated carbocycles. The van der Waals surface area contributed by atoms with Crippen LogP contribution in [0.25, 0.3) is 44.5 Å². The fraction of sp³-hybridized carbons (Fsp3) is 0. The van der Waals surface area contributed by atoms with Crippen molar-refractivity contribution in [2.75, 3.05) is 0 Å². The van der Waals surface area contributed by atoms with Gasteiger partial charge in [0.05, 0.1) is 5.58 Å². The number of para-hydroxylation sites is 1. The minimum absolute atomic E-state index is 0. The summed E-state index contributed by atoms with van der Waals surface area (Å²) in [5.41, 5.74) is 5.78. The molecule has 1 aliphatic rings. The number of benzene rings is 4. The molecule has 4 aromatic carbocycles. The van der Waals surface area contributed by atoms with Crippen LogP contribution in [0, 0.1) is 12.1 Å². The van der Waals surface area contributed by atoms with Crippen LogP contribution in [0.15, 0.2) is 126 Å². The number of hydrogen-bond donors (Lipinski definition) is 0. The summed E-state index contributed by atoms with van der Waals surface area (Å²) in [6.07, 6.45) is 3.64. The van der Waals surface area contributed by atoms with Gasteiger partial charge in [0, 0.05) is 31.7 Å². The third-order valence-corrected chi connectivity index (χ3v) is 12.6. The monoisotopic (exact) mass is 825 g/mol. The molecule has 0 aliphatic carbocycles. The quantitative estimate of drug-likeness (QED) is 0.189. The van der Waals surface area contributed by atoms with Crippen LogP contribution >= 0.6 is 0 Å². The first kappa shape index (κ1) is 26.9. The molecule has 1 aliphatic heterocycles. The van der Waals surface area contributed by atoms with Crippen LogP contribution in [0.1, 0.15) is 0 Å². The Morgan fingerprint density at radius 1 is 0.550 bits per heavy atom. The van der Waals surface area contributed by atoms with Crippen molar-refractivity contribution < 1.29 is 24.5 Å². The first-order valence-electron chi connectivity index (χ1n) is 12.5. The summed E-state index contributed by atoms with van der Waals surface area (Å²) in [7, 11) is 0. The molecule has 3 nitrogen and oxygen atoms in total. The molecule has 40 heavy (non-hydrogen) atoms. The van der Waals surface area contributed by atoms with Crippen molar-refractivity contribution in [2.24, 2.45) is 0 Å². The molecule has 3 aromatic heterocycles. The second kappa shape index (κ2) is 12.0. The van der Waals surface area contributed by atoms with E-state index in [9.17, 15) is 0 Å². The normalized spacial score (nSPS) is 11.6.